The molecule has 5 heteroatoms. The van der Waals surface area contributed by atoms with Gasteiger partial charge >= 0.3 is 0 Å². The molecule has 1 aliphatic rings. The summed E-state index contributed by atoms with van der Waals surface area (Å²) in [6, 6.07) is 12.1. The molecular weight excluding hydrogens is 296 g/mol. The maximum Gasteiger partial charge on any atom is 0.234 e. The number of nitrogens with zero attached hydrogens (tertiary/aromatic N) is 1. The van der Waals surface area contributed by atoms with Gasteiger partial charge in [0.2, 0.25) is 5.91 Å². The first-order valence-corrected chi connectivity index (χ1v) is 8.31. The molecule has 22 heavy (non-hydrogen) atoms. The van der Waals surface area contributed by atoms with E-state index in [1.807, 2.05) is 47.7 Å². The monoisotopic (exact) mass is 316 g/mol. The van der Waals surface area contributed by atoms with E-state index in [-0.39, 0.29) is 12.0 Å². The first-order chi connectivity index (χ1) is 10.7. The maximum absolute atomic E-state index is 12.0. The number of hydrogen-bond donors (Lipinski definition) is 1. The van der Waals surface area contributed by atoms with E-state index in [1.54, 1.807) is 11.3 Å². The van der Waals surface area contributed by atoms with Gasteiger partial charge in [0.05, 0.1) is 13.1 Å². The number of rotatable bonds is 6. The lowest BCUT2D eigenvalue weighted by Crippen LogP contribution is -2.39. The average Bonchev–Trinajstić information content (AvgIpc) is 3.13. The summed E-state index contributed by atoms with van der Waals surface area (Å²) in [5, 5.41) is 4.96. The van der Waals surface area contributed by atoms with E-state index in [2.05, 4.69) is 11.4 Å². The van der Waals surface area contributed by atoms with Gasteiger partial charge in [-0.25, -0.2) is 0 Å². The molecule has 0 saturated heterocycles. The zero-order valence-electron chi connectivity index (χ0n) is 12.6. The van der Waals surface area contributed by atoms with Crippen LogP contribution in [0.3, 0.4) is 0 Å². The SMILES string of the molecule is CN(CC(=O)NCc1cccs1)C[C@H]1Cc2ccccc2O1. The number of ether oxygens (including phenoxy) is 1. The quantitative estimate of drug-likeness (QED) is 0.889. The smallest absolute Gasteiger partial charge is 0.234 e. The number of para-hydroxylation sites is 1. The van der Waals surface area contributed by atoms with Crippen molar-refractivity contribution in [3.05, 3.63) is 52.2 Å². The van der Waals surface area contributed by atoms with Crippen LogP contribution in [0, 0.1) is 0 Å². The second-order valence-electron chi connectivity index (χ2n) is 5.60. The zero-order valence-corrected chi connectivity index (χ0v) is 13.4. The Morgan fingerprint density at radius 1 is 1.36 bits per heavy atom. The molecule has 0 spiro atoms. The summed E-state index contributed by atoms with van der Waals surface area (Å²) in [6.07, 6.45) is 1.05. The maximum atomic E-state index is 12.0. The van der Waals surface area contributed by atoms with Crippen LogP contribution in [0.25, 0.3) is 0 Å². The molecule has 1 aliphatic heterocycles. The highest BCUT2D eigenvalue weighted by atomic mass is 32.1. The van der Waals surface area contributed by atoms with E-state index < -0.39 is 0 Å². The largest absolute Gasteiger partial charge is 0.488 e. The first kappa shape index (κ1) is 15.1. The Balaban J connectivity index is 1.41. The normalized spacial score (nSPS) is 16.4. The third-order valence-electron chi connectivity index (χ3n) is 3.68. The molecule has 0 aliphatic carbocycles. The van der Waals surface area contributed by atoms with E-state index in [1.165, 1.54) is 10.4 Å². The Kier molecular flexibility index (Phi) is 4.75. The van der Waals surface area contributed by atoms with E-state index in [9.17, 15) is 4.79 Å². The van der Waals surface area contributed by atoms with Gasteiger partial charge in [-0.3, -0.25) is 9.69 Å². The molecule has 1 aromatic heterocycles. The number of hydrogen-bond acceptors (Lipinski definition) is 4. The van der Waals surface area contributed by atoms with Crippen molar-refractivity contribution in [3.63, 3.8) is 0 Å². The molecule has 4 nitrogen and oxygen atoms in total. The van der Waals surface area contributed by atoms with Crippen LogP contribution in [0.2, 0.25) is 0 Å². The van der Waals surface area contributed by atoms with Crippen LogP contribution in [0.5, 0.6) is 5.75 Å². The van der Waals surface area contributed by atoms with Gasteiger partial charge in [0.25, 0.3) is 0 Å². The highest BCUT2D eigenvalue weighted by Crippen LogP contribution is 2.28. The van der Waals surface area contributed by atoms with Crippen LogP contribution in [-0.2, 0) is 17.8 Å². The third-order valence-corrected chi connectivity index (χ3v) is 4.56. The molecule has 116 valence electrons. The molecule has 0 fully saturated rings. The Bertz CT molecular complexity index is 602. The van der Waals surface area contributed by atoms with Crippen molar-refractivity contribution in [1.82, 2.24) is 10.2 Å². The number of fused-ring (bicyclic) bond motifs is 1. The van der Waals surface area contributed by atoms with Crippen molar-refractivity contribution < 1.29 is 9.53 Å². The van der Waals surface area contributed by atoms with Gasteiger partial charge in [0.15, 0.2) is 0 Å². The highest BCUT2D eigenvalue weighted by molar-refractivity contribution is 7.09. The molecule has 0 bridgehead atoms. The molecular formula is C17H20N2O2S. The minimum absolute atomic E-state index is 0.0476. The fourth-order valence-corrected chi connectivity index (χ4v) is 3.31. The second-order valence-corrected chi connectivity index (χ2v) is 6.64. The predicted molar refractivity (Wildman–Crippen MR) is 88.2 cm³/mol. The minimum atomic E-state index is 0.0476. The summed E-state index contributed by atoms with van der Waals surface area (Å²) in [7, 11) is 1.96. The molecule has 1 N–H and O–H groups in total. The lowest BCUT2D eigenvalue weighted by atomic mass is 10.1. The first-order valence-electron chi connectivity index (χ1n) is 7.43. The number of amides is 1. The topological polar surface area (TPSA) is 41.6 Å². The number of carbonyl (C=O) groups excluding carboxylic acids is 1. The van der Waals surface area contributed by atoms with Crippen LogP contribution in [-0.4, -0.2) is 37.0 Å². The van der Waals surface area contributed by atoms with Crippen molar-refractivity contribution in [3.8, 4) is 5.75 Å². The Labute approximate surface area is 134 Å². The number of carbonyl (C=O) groups is 1. The molecule has 2 heterocycles. The van der Waals surface area contributed by atoms with E-state index in [0.29, 0.717) is 13.1 Å². The van der Waals surface area contributed by atoms with E-state index >= 15 is 0 Å². The fraction of sp³-hybridized carbons (Fsp3) is 0.353. The summed E-state index contributed by atoms with van der Waals surface area (Å²) < 4.78 is 5.91. The van der Waals surface area contributed by atoms with Crippen LogP contribution >= 0.6 is 11.3 Å². The third kappa shape index (κ3) is 3.87. The van der Waals surface area contributed by atoms with Gasteiger partial charge in [-0.1, -0.05) is 24.3 Å². The lowest BCUT2D eigenvalue weighted by molar-refractivity contribution is -0.122. The Morgan fingerprint density at radius 3 is 3.00 bits per heavy atom. The molecule has 1 atom stereocenters. The summed E-state index contributed by atoms with van der Waals surface area (Å²) in [6.45, 7) is 1.75. The van der Waals surface area contributed by atoms with Gasteiger partial charge < -0.3 is 10.1 Å². The summed E-state index contributed by atoms with van der Waals surface area (Å²) in [5.74, 6) is 1.02. The van der Waals surface area contributed by atoms with Crippen LogP contribution in [0.15, 0.2) is 41.8 Å². The predicted octanol–water partition coefficient (Wildman–Crippen LogP) is 2.30. The van der Waals surface area contributed by atoms with E-state index in [0.717, 1.165) is 18.7 Å². The van der Waals surface area contributed by atoms with Gasteiger partial charge in [-0.05, 0) is 30.1 Å². The molecule has 1 aromatic carbocycles. The molecule has 1 amide bonds. The fourth-order valence-electron chi connectivity index (χ4n) is 2.67. The number of nitrogens with one attached hydrogen (secondary N) is 1. The van der Waals surface area contributed by atoms with E-state index in [4.69, 9.17) is 4.74 Å². The zero-order chi connectivity index (χ0) is 15.4. The van der Waals surface area contributed by atoms with Crippen molar-refractivity contribution >= 4 is 17.2 Å². The van der Waals surface area contributed by atoms with Crippen LogP contribution in [0.1, 0.15) is 10.4 Å². The second kappa shape index (κ2) is 6.94. The number of thiophene rings is 1. The standard InChI is InChI=1S/C17H20N2O2S/c1-19(12-17(20)18-10-15-6-4-8-22-15)11-14-9-13-5-2-3-7-16(13)21-14/h2-8,14H,9-12H2,1H3,(H,18,20)/t14-/m1/s1. The summed E-state index contributed by atoms with van der Waals surface area (Å²) >= 11 is 1.65. The number of benzene rings is 1. The molecule has 2 aromatic rings. The average molecular weight is 316 g/mol. The molecule has 0 saturated carbocycles. The Morgan fingerprint density at radius 2 is 2.23 bits per heavy atom. The Hall–Kier alpha value is -1.85. The van der Waals surface area contributed by atoms with Gasteiger partial charge in [0.1, 0.15) is 11.9 Å². The highest BCUT2D eigenvalue weighted by Gasteiger charge is 2.23. The molecule has 3 rings (SSSR count). The molecule has 0 unspecified atom stereocenters. The van der Waals surface area contributed by atoms with Gasteiger partial charge in [-0.2, -0.15) is 0 Å². The van der Waals surface area contributed by atoms with Crippen LogP contribution in [0.4, 0.5) is 0 Å². The van der Waals surface area contributed by atoms with Gasteiger partial charge in [0, 0.05) is 17.8 Å². The summed E-state index contributed by atoms with van der Waals surface area (Å²) in [4.78, 5) is 15.1. The summed E-state index contributed by atoms with van der Waals surface area (Å²) in [5.41, 5.74) is 1.25. The lowest BCUT2D eigenvalue weighted by Gasteiger charge is -2.20. The van der Waals surface area contributed by atoms with Gasteiger partial charge in [-0.15, -0.1) is 11.3 Å². The van der Waals surface area contributed by atoms with Crippen molar-refractivity contribution in [2.24, 2.45) is 0 Å². The molecule has 0 radical (unpaired) electrons. The minimum Gasteiger partial charge on any atom is -0.488 e. The van der Waals surface area contributed by atoms with Crippen molar-refractivity contribution in [2.45, 2.75) is 19.1 Å². The van der Waals surface area contributed by atoms with Crippen LogP contribution < -0.4 is 10.1 Å². The van der Waals surface area contributed by atoms with Crippen molar-refractivity contribution in [2.75, 3.05) is 20.1 Å². The van der Waals surface area contributed by atoms with Crippen molar-refractivity contribution in [1.29, 1.82) is 0 Å². The number of likely N-dealkylation sites (N-methyl/N-ethyl adjacent to an activating group) is 1.